The van der Waals surface area contributed by atoms with Crippen molar-refractivity contribution in [1.29, 1.82) is 0 Å². The molecular formula is C16H24N2O3. The van der Waals surface area contributed by atoms with Gasteiger partial charge in [-0.3, -0.25) is 0 Å². The average Bonchev–Trinajstić information content (AvgIpc) is 2.42. The summed E-state index contributed by atoms with van der Waals surface area (Å²) in [6.07, 6.45) is 1.88. The Kier molecular flexibility index (Phi) is 6.72. The Labute approximate surface area is 126 Å². The van der Waals surface area contributed by atoms with Gasteiger partial charge in [0, 0.05) is 6.54 Å². The van der Waals surface area contributed by atoms with Crippen molar-refractivity contribution >= 4 is 11.8 Å². The molecule has 0 radical (unpaired) electrons. The van der Waals surface area contributed by atoms with Crippen LogP contribution in [0.1, 0.15) is 45.6 Å². The van der Waals surface area contributed by atoms with Crippen LogP contribution in [0, 0.1) is 0 Å². The maximum absolute atomic E-state index is 11.4. The third-order valence-corrected chi connectivity index (χ3v) is 2.74. The molecule has 0 spiro atoms. The molecule has 0 heterocycles. The molecule has 1 aromatic rings. The molecule has 0 fully saturated rings. The smallest absolute Gasteiger partial charge is 0.407 e. The summed E-state index contributed by atoms with van der Waals surface area (Å²) in [7, 11) is 0. The zero-order valence-electron chi connectivity index (χ0n) is 12.9. The van der Waals surface area contributed by atoms with Gasteiger partial charge in [0.1, 0.15) is 5.60 Å². The first-order valence-corrected chi connectivity index (χ1v) is 7.15. The summed E-state index contributed by atoms with van der Waals surface area (Å²) in [5.74, 6) is 0. The molecular weight excluding hydrogens is 268 g/mol. The molecule has 2 N–H and O–H groups in total. The van der Waals surface area contributed by atoms with E-state index in [0.717, 1.165) is 18.4 Å². The highest BCUT2D eigenvalue weighted by atomic mass is 16.6. The number of nitrogens with one attached hydrogen (secondary N) is 1. The largest absolute Gasteiger partial charge is 0.444 e. The van der Waals surface area contributed by atoms with Gasteiger partial charge in [-0.25, -0.2) is 4.79 Å². The molecule has 1 rings (SSSR count). The quantitative estimate of drug-likeness (QED) is 0.364. The summed E-state index contributed by atoms with van der Waals surface area (Å²) in [4.78, 5) is 11.4. The van der Waals surface area contributed by atoms with Crippen LogP contribution < -0.4 is 5.32 Å². The first kappa shape index (κ1) is 17.0. The molecule has 21 heavy (non-hydrogen) atoms. The summed E-state index contributed by atoms with van der Waals surface area (Å²) in [5.41, 5.74) is 1.10. The number of alkyl carbamates (subject to hydrolysis) is 1. The number of ether oxygens (including phenoxy) is 1. The van der Waals surface area contributed by atoms with Crippen molar-refractivity contribution in [3.05, 3.63) is 35.9 Å². The summed E-state index contributed by atoms with van der Waals surface area (Å²) in [6, 6.07) is 9.56. The second kappa shape index (κ2) is 8.29. The standard InChI is InChI=1S/C16H24N2O3/c1-16(2,3)21-15(19)17-12-8-7-11-14(18-20)13-9-5-4-6-10-13/h4-6,9-10,20H,7-8,11-12H2,1-3H3,(H,17,19)/b18-14-. The lowest BCUT2D eigenvalue weighted by molar-refractivity contribution is 0.0527. The molecule has 0 saturated carbocycles. The zero-order valence-corrected chi connectivity index (χ0v) is 12.9. The van der Waals surface area contributed by atoms with Crippen LogP contribution in [0.15, 0.2) is 35.5 Å². The van der Waals surface area contributed by atoms with Crippen LogP contribution >= 0.6 is 0 Å². The molecule has 0 aliphatic carbocycles. The molecule has 5 heteroatoms. The molecule has 0 aliphatic rings. The Morgan fingerprint density at radius 3 is 2.48 bits per heavy atom. The molecule has 0 saturated heterocycles. The van der Waals surface area contributed by atoms with Crippen LogP contribution in [-0.4, -0.2) is 29.2 Å². The Bertz CT molecular complexity index is 464. The van der Waals surface area contributed by atoms with Crippen molar-refractivity contribution in [2.24, 2.45) is 5.16 Å². The third-order valence-electron chi connectivity index (χ3n) is 2.74. The third kappa shape index (κ3) is 7.34. The van der Waals surface area contributed by atoms with Crippen molar-refractivity contribution < 1.29 is 14.7 Å². The predicted octanol–water partition coefficient (Wildman–Crippen LogP) is 3.56. The maximum Gasteiger partial charge on any atom is 0.407 e. The second-order valence-electron chi connectivity index (χ2n) is 5.80. The minimum absolute atomic E-state index is 0.401. The number of carbonyl (C=O) groups excluding carboxylic acids is 1. The normalized spacial score (nSPS) is 12.0. The van der Waals surface area contributed by atoms with E-state index >= 15 is 0 Å². The highest BCUT2D eigenvalue weighted by Crippen LogP contribution is 2.08. The fraction of sp³-hybridized carbons (Fsp3) is 0.500. The van der Waals surface area contributed by atoms with Crippen molar-refractivity contribution in [3.63, 3.8) is 0 Å². The maximum atomic E-state index is 11.4. The molecule has 0 aliphatic heterocycles. The van der Waals surface area contributed by atoms with Crippen molar-refractivity contribution in [2.45, 2.75) is 45.6 Å². The number of benzene rings is 1. The van der Waals surface area contributed by atoms with Gasteiger partial charge in [-0.2, -0.15) is 0 Å². The number of nitrogens with zero attached hydrogens (tertiary/aromatic N) is 1. The van der Waals surface area contributed by atoms with E-state index < -0.39 is 11.7 Å². The van der Waals surface area contributed by atoms with E-state index in [0.29, 0.717) is 18.7 Å². The van der Waals surface area contributed by atoms with Gasteiger partial charge < -0.3 is 15.3 Å². The first-order chi connectivity index (χ1) is 9.92. The predicted molar refractivity (Wildman–Crippen MR) is 82.9 cm³/mol. The van der Waals surface area contributed by atoms with Gasteiger partial charge >= 0.3 is 6.09 Å². The molecule has 0 unspecified atom stereocenters. The zero-order chi connectivity index (χ0) is 15.7. The molecule has 0 atom stereocenters. The highest BCUT2D eigenvalue weighted by molar-refractivity contribution is 6.00. The van der Waals surface area contributed by atoms with Gasteiger partial charge in [-0.15, -0.1) is 0 Å². The SMILES string of the molecule is CC(C)(C)OC(=O)NCCCC/C(=N/O)c1ccccc1. The molecule has 1 aromatic carbocycles. The second-order valence-corrected chi connectivity index (χ2v) is 5.80. The van der Waals surface area contributed by atoms with Crippen LogP contribution in [0.4, 0.5) is 4.79 Å². The van der Waals surface area contributed by atoms with Gasteiger partial charge in [0.2, 0.25) is 0 Å². The molecule has 116 valence electrons. The number of unbranched alkanes of at least 4 members (excludes halogenated alkanes) is 1. The van der Waals surface area contributed by atoms with Gasteiger partial charge in [-0.1, -0.05) is 35.5 Å². The Morgan fingerprint density at radius 2 is 1.90 bits per heavy atom. The fourth-order valence-electron chi connectivity index (χ4n) is 1.80. The topological polar surface area (TPSA) is 70.9 Å². The van der Waals surface area contributed by atoms with Crippen LogP contribution in [-0.2, 0) is 4.74 Å². The Morgan fingerprint density at radius 1 is 1.24 bits per heavy atom. The van der Waals surface area contributed by atoms with Crippen LogP contribution in [0.5, 0.6) is 0 Å². The Balaban J connectivity index is 2.24. The van der Waals surface area contributed by atoms with E-state index in [1.165, 1.54) is 0 Å². The van der Waals surface area contributed by atoms with Gasteiger partial charge in [0.05, 0.1) is 5.71 Å². The number of hydrogen-bond donors (Lipinski definition) is 2. The minimum atomic E-state index is -0.478. The van der Waals surface area contributed by atoms with E-state index in [9.17, 15) is 4.79 Å². The summed E-state index contributed by atoms with van der Waals surface area (Å²) in [6.45, 7) is 6.03. The number of hydrogen-bond acceptors (Lipinski definition) is 4. The van der Waals surface area contributed by atoms with Crippen molar-refractivity contribution in [2.75, 3.05) is 6.54 Å². The average molecular weight is 292 g/mol. The van der Waals surface area contributed by atoms with E-state index in [2.05, 4.69) is 10.5 Å². The number of rotatable bonds is 6. The number of oxime groups is 1. The van der Waals surface area contributed by atoms with E-state index in [1.54, 1.807) is 0 Å². The first-order valence-electron chi connectivity index (χ1n) is 7.15. The number of carbonyl (C=O) groups is 1. The lowest BCUT2D eigenvalue weighted by Gasteiger charge is -2.19. The molecule has 0 aromatic heterocycles. The monoisotopic (exact) mass is 292 g/mol. The van der Waals surface area contributed by atoms with E-state index in [4.69, 9.17) is 9.94 Å². The lowest BCUT2D eigenvalue weighted by atomic mass is 10.0. The highest BCUT2D eigenvalue weighted by Gasteiger charge is 2.15. The summed E-state index contributed by atoms with van der Waals surface area (Å²) < 4.78 is 5.14. The molecule has 0 bridgehead atoms. The van der Waals surface area contributed by atoms with E-state index in [1.807, 2.05) is 51.1 Å². The van der Waals surface area contributed by atoms with Gasteiger partial charge in [0.15, 0.2) is 0 Å². The molecule has 1 amide bonds. The van der Waals surface area contributed by atoms with Gasteiger partial charge in [0.25, 0.3) is 0 Å². The van der Waals surface area contributed by atoms with Crippen LogP contribution in [0.3, 0.4) is 0 Å². The number of amides is 1. The van der Waals surface area contributed by atoms with Crippen LogP contribution in [0.25, 0.3) is 0 Å². The van der Waals surface area contributed by atoms with Gasteiger partial charge in [-0.05, 0) is 45.6 Å². The van der Waals surface area contributed by atoms with Crippen molar-refractivity contribution in [1.82, 2.24) is 5.32 Å². The fourth-order valence-corrected chi connectivity index (χ4v) is 1.80. The minimum Gasteiger partial charge on any atom is -0.444 e. The Hall–Kier alpha value is -2.04. The van der Waals surface area contributed by atoms with E-state index in [-0.39, 0.29) is 0 Å². The lowest BCUT2D eigenvalue weighted by Crippen LogP contribution is -2.33. The molecule has 5 nitrogen and oxygen atoms in total. The van der Waals surface area contributed by atoms with Crippen molar-refractivity contribution in [3.8, 4) is 0 Å². The summed E-state index contributed by atoms with van der Waals surface area (Å²) >= 11 is 0. The van der Waals surface area contributed by atoms with Crippen LogP contribution in [0.2, 0.25) is 0 Å². The summed E-state index contributed by atoms with van der Waals surface area (Å²) in [5, 5.41) is 15.1.